The van der Waals surface area contributed by atoms with Crippen LogP contribution in [0.15, 0.2) is 48.5 Å². The second-order valence-corrected chi connectivity index (χ2v) is 10.3. The minimum Gasteiger partial charge on any atom is -0.481 e. The Balaban J connectivity index is 1.68. The van der Waals surface area contributed by atoms with Crippen molar-refractivity contribution in [2.24, 2.45) is 5.92 Å². The number of likely N-dealkylation sites (tertiary alicyclic amines) is 1. The maximum absolute atomic E-state index is 13.5. The molecule has 0 aromatic heterocycles. The molecule has 9 nitrogen and oxygen atoms in total. The van der Waals surface area contributed by atoms with E-state index in [-0.39, 0.29) is 11.8 Å². The van der Waals surface area contributed by atoms with Crippen LogP contribution in [0.2, 0.25) is 0 Å². The van der Waals surface area contributed by atoms with E-state index in [4.69, 9.17) is 5.11 Å². The normalized spacial score (nSPS) is 16.4. The summed E-state index contributed by atoms with van der Waals surface area (Å²) in [7, 11) is 0. The predicted molar refractivity (Wildman–Crippen MR) is 147 cm³/mol. The van der Waals surface area contributed by atoms with E-state index >= 15 is 0 Å². The van der Waals surface area contributed by atoms with Crippen molar-refractivity contribution in [3.8, 4) is 11.1 Å². The lowest BCUT2D eigenvalue weighted by Gasteiger charge is -2.31. The highest BCUT2D eigenvalue weighted by Crippen LogP contribution is 2.23. The average molecular weight is 536 g/mol. The van der Waals surface area contributed by atoms with Crippen molar-refractivity contribution in [3.05, 3.63) is 59.7 Å². The molecule has 0 unspecified atom stereocenters. The van der Waals surface area contributed by atoms with Crippen LogP contribution in [-0.4, -0.2) is 64.7 Å². The lowest BCUT2D eigenvalue weighted by atomic mass is 9.99. The molecule has 3 amide bonds. The van der Waals surface area contributed by atoms with Gasteiger partial charge >= 0.3 is 5.97 Å². The van der Waals surface area contributed by atoms with Crippen LogP contribution in [0.5, 0.6) is 0 Å². The number of carboxylic acids is 1. The molecule has 0 aliphatic carbocycles. The summed E-state index contributed by atoms with van der Waals surface area (Å²) in [5.41, 5.74) is 3.73. The summed E-state index contributed by atoms with van der Waals surface area (Å²) < 4.78 is 0. The van der Waals surface area contributed by atoms with Crippen molar-refractivity contribution in [1.82, 2.24) is 15.5 Å². The van der Waals surface area contributed by atoms with Gasteiger partial charge in [0.25, 0.3) is 5.91 Å². The zero-order chi connectivity index (χ0) is 28.5. The number of aryl methyl sites for hydroxylation is 1. The predicted octanol–water partition coefficient (Wildman–Crippen LogP) is 3.21. The Morgan fingerprint density at radius 1 is 1.00 bits per heavy atom. The van der Waals surface area contributed by atoms with Crippen molar-refractivity contribution >= 4 is 30.0 Å². The minimum absolute atomic E-state index is 0.249. The molecule has 0 spiro atoms. The summed E-state index contributed by atoms with van der Waals surface area (Å²) in [6, 6.07) is 12.7. The molecule has 1 aliphatic heterocycles. The van der Waals surface area contributed by atoms with E-state index in [0.29, 0.717) is 31.2 Å². The molecule has 9 heteroatoms. The fourth-order valence-corrected chi connectivity index (χ4v) is 4.79. The topological polar surface area (TPSA) is 133 Å². The molecule has 3 atom stereocenters. The summed E-state index contributed by atoms with van der Waals surface area (Å²) in [6.45, 7) is 6.10. The second-order valence-electron chi connectivity index (χ2n) is 10.3. The van der Waals surface area contributed by atoms with E-state index in [9.17, 15) is 24.0 Å². The van der Waals surface area contributed by atoms with Gasteiger partial charge in [-0.2, -0.15) is 0 Å². The number of nitrogens with zero attached hydrogens (tertiary/aromatic N) is 1. The van der Waals surface area contributed by atoms with Crippen LogP contribution in [0, 0.1) is 5.92 Å². The molecule has 0 saturated carbocycles. The first-order valence-corrected chi connectivity index (χ1v) is 13.4. The van der Waals surface area contributed by atoms with Crippen molar-refractivity contribution in [3.63, 3.8) is 0 Å². The number of hydrogen-bond acceptors (Lipinski definition) is 5. The molecule has 39 heavy (non-hydrogen) atoms. The number of carbonyl (C=O) groups is 5. The van der Waals surface area contributed by atoms with E-state index < -0.39 is 42.3 Å². The quantitative estimate of drug-likeness (QED) is 0.358. The minimum atomic E-state index is -1.22. The fraction of sp³-hybridized carbons (Fsp3) is 0.433. The SMILES string of the molecule is CCCc1ccc(-c2ccc(C(=O)N[C@H](C(=O)N3CCC[C@H]3C(=O)N[C@H](C=O)CC(=O)O)C(C)C)cc2)cc1. The van der Waals surface area contributed by atoms with Gasteiger partial charge < -0.3 is 25.4 Å². The van der Waals surface area contributed by atoms with Crippen LogP contribution >= 0.6 is 0 Å². The third kappa shape index (κ3) is 7.75. The summed E-state index contributed by atoms with van der Waals surface area (Å²) in [5, 5.41) is 14.2. The maximum Gasteiger partial charge on any atom is 0.305 e. The van der Waals surface area contributed by atoms with Gasteiger partial charge in [0.15, 0.2) is 0 Å². The van der Waals surface area contributed by atoms with Crippen LogP contribution in [0.25, 0.3) is 11.1 Å². The Kier molecular flexibility index (Phi) is 10.4. The van der Waals surface area contributed by atoms with Crippen LogP contribution in [0.1, 0.15) is 62.4 Å². The van der Waals surface area contributed by atoms with Gasteiger partial charge in [-0.1, -0.05) is 63.6 Å². The number of aliphatic carboxylic acids is 1. The highest BCUT2D eigenvalue weighted by atomic mass is 16.4. The number of aldehydes is 1. The van der Waals surface area contributed by atoms with E-state index in [1.165, 1.54) is 10.5 Å². The zero-order valence-electron chi connectivity index (χ0n) is 22.7. The van der Waals surface area contributed by atoms with Gasteiger partial charge in [0.2, 0.25) is 11.8 Å². The number of amides is 3. The molecule has 2 aromatic rings. The number of benzene rings is 2. The van der Waals surface area contributed by atoms with E-state index in [1.807, 2.05) is 26.0 Å². The largest absolute Gasteiger partial charge is 0.481 e. The van der Waals surface area contributed by atoms with Gasteiger partial charge in [0.05, 0.1) is 12.5 Å². The summed E-state index contributed by atoms with van der Waals surface area (Å²) in [4.78, 5) is 62.9. The molecular formula is C30H37N3O6. The highest BCUT2D eigenvalue weighted by Gasteiger charge is 2.39. The standard InChI is InChI=1S/C30H37N3O6/c1-4-6-20-8-10-21(11-9-20)22-12-14-23(15-13-22)28(37)32-27(19(2)3)30(39)33-16-5-7-25(33)29(38)31-24(18-34)17-26(35)36/h8-15,18-19,24-25,27H,4-7,16-17H2,1-3H3,(H,31,38)(H,32,37)(H,35,36)/t24-,25-,27-/m0/s1. The van der Waals surface area contributed by atoms with Gasteiger partial charge in [-0.3, -0.25) is 19.2 Å². The molecule has 1 fully saturated rings. The third-order valence-corrected chi connectivity index (χ3v) is 6.92. The maximum atomic E-state index is 13.5. The summed E-state index contributed by atoms with van der Waals surface area (Å²) in [5.74, 6) is -2.82. The van der Waals surface area contributed by atoms with Crippen LogP contribution in [0.4, 0.5) is 0 Å². The van der Waals surface area contributed by atoms with Gasteiger partial charge in [-0.15, -0.1) is 0 Å². The number of hydrogen-bond donors (Lipinski definition) is 3. The fourth-order valence-electron chi connectivity index (χ4n) is 4.79. The smallest absolute Gasteiger partial charge is 0.305 e. The third-order valence-electron chi connectivity index (χ3n) is 6.92. The molecule has 0 radical (unpaired) electrons. The lowest BCUT2D eigenvalue weighted by Crippen LogP contribution is -2.56. The molecule has 1 saturated heterocycles. The Morgan fingerprint density at radius 2 is 1.62 bits per heavy atom. The first-order chi connectivity index (χ1) is 18.6. The van der Waals surface area contributed by atoms with E-state index in [0.717, 1.165) is 24.0 Å². The number of carboxylic acid groups (broad SMARTS) is 1. The first kappa shape index (κ1) is 29.5. The van der Waals surface area contributed by atoms with E-state index in [1.54, 1.807) is 12.1 Å². The Hall–Kier alpha value is -4.01. The molecule has 2 aromatic carbocycles. The summed E-state index contributed by atoms with van der Waals surface area (Å²) >= 11 is 0. The molecule has 1 aliphatic rings. The Morgan fingerprint density at radius 3 is 2.15 bits per heavy atom. The summed E-state index contributed by atoms with van der Waals surface area (Å²) in [6.07, 6.45) is 2.91. The molecule has 3 N–H and O–H groups in total. The van der Waals surface area contributed by atoms with Crippen molar-refractivity contribution in [1.29, 1.82) is 0 Å². The average Bonchev–Trinajstić information content (AvgIpc) is 3.41. The van der Waals surface area contributed by atoms with Crippen molar-refractivity contribution < 1.29 is 29.1 Å². The van der Waals surface area contributed by atoms with Gasteiger partial charge in [-0.25, -0.2) is 0 Å². The molecule has 0 bridgehead atoms. The van der Waals surface area contributed by atoms with Crippen LogP contribution < -0.4 is 10.6 Å². The zero-order valence-corrected chi connectivity index (χ0v) is 22.7. The second kappa shape index (κ2) is 13.7. The van der Waals surface area contributed by atoms with Crippen molar-refractivity contribution in [2.75, 3.05) is 6.54 Å². The van der Waals surface area contributed by atoms with Crippen LogP contribution in [0.3, 0.4) is 0 Å². The molecular weight excluding hydrogens is 498 g/mol. The molecule has 3 rings (SSSR count). The van der Waals surface area contributed by atoms with Crippen LogP contribution in [-0.2, 0) is 25.6 Å². The number of nitrogens with one attached hydrogen (secondary N) is 2. The molecule has 208 valence electrons. The van der Waals surface area contributed by atoms with Gasteiger partial charge in [0, 0.05) is 12.1 Å². The number of rotatable bonds is 12. The highest BCUT2D eigenvalue weighted by molar-refractivity contribution is 5.99. The number of carbonyl (C=O) groups excluding carboxylic acids is 4. The van der Waals surface area contributed by atoms with E-state index in [2.05, 4.69) is 41.8 Å². The lowest BCUT2D eigenvalue weighted by molar-refractivity contribution is -0.142. The van der Waals surface area contributed by atoms with Gasteiger partial charge in [0.1, 0.15) is 18.4 Å². The Bertz CT molecular complexity index is 1180. The first-order valence-electron chi connectivity index (χ1n) is 13.4. The van der Waals surface area contributed by atoms with Gasteiger partial charge in [-0.05, 0) is 54.0 Å². The monoisotopic (exact) mass is 535 g/mol. The van der Waals surface area contributed by atoms with Crippen molar-refractivity contribution in [2.45, 2.75) is 71.0 Å². The molecule has 1 heterocycles. The Labute approximate surface area is 229 Å².